The molecule has 1 aromatic carbocycles. The zero-order valence-corrected chi connectivity index (χ0v) is 16.8. The highest BCUT2D eigenvalue weighted by atomic mass is 16.2. The molecule has 0 aliphatic carbocycles. The molecule has 1 N–H and O–H groups in total. The van der Waals surface area contributed by atoms with Crippen LogP contribution in [0.1, 0.15) is 21.6 Å². The van der Waals surface area contributed by atoms with Gasteiger partial charge in [-0.15, -0.1) is 0 Å². The van der Waals surface area contributed by atoms with E-state index in [0.717, 1.165) is 17.7 Å². The number of pyridine rings is 2. The molecule has 30 heavy (non-hydrogen) atoms. The van der Waals surface area contributed by atoms with Crippen molar-refractivity contribution in [3.8, 4) is 0 Å². The van der Waals surface area contributed by atoms with Crippen LogP contribution < -0.4 is 10.2 Å². The molecule has 0 saturated carbocycles. The third kappa shape index (κ3) is 4.30. The van der Waals surface area contributed by atoms with Crippen LogP contribution in [0.15, 0.2) is 67.0 Å². The Hall–Kier alpha value is -3.74. The van der Waals surface area contributed by atoms with Crippen molar-refractivity contribution in [1.82, 2.24) is 14.9 Å². The number of carbonyl (C=O) groups is 2. The molecule has 0 fully saturated rings. The Morgan fingerprint density at radius 2 is 1.93 bits per heavy atom. The first-order chi connectivity index (χ1) is 14.6. The highest BCUT2D eigenvalue weighted by Crippen LogP contribution is 2.27. The lowest BCUT2D eigenvalue weighted by Crippen LogP contribution is -2.38. The summed E-state index contributed by atoms with van der Waals surface area (Å²) >= 11 is 0. The van der Waals surface area contributed by atoms with Crippen LogP contribution in [0.5, 0.6) is 0 Å². The zero-order chi connectivity index (χ0) is 20.9. The molecule has 1 aliphatic rings. The molecule has 2 amide bonds. The van der Waals surface area contributed by atoms with Crippen LogP contribution in [0, 0.1) is 0 Å². The van der Waals surface area contributed by atoms with Crippen LogP contribution in [0.2, 0.25) is 0 Å². The number of hydrogen-bond acceptors (Lipinski definition) is 5. The summed E-state index contributed by atoms with van der Waals surface area (Å²) in [5, 5.41) is 2.99. The number of anilines is 2. The van der Waals surface area contributed by atoms with Crippen molar-refractivity contribution in [3.05, 3.63) is 83.8 Å². The van der Waals surface area contributed by atoms with Gasteiger partial charge in [0, 0.05) is 26.0 Å². The van der Waals surface area contributed by atoms with Crippen molar-refractivity contribution in [2.75, 3.05) is 30.4 Å². The van der Waals surface area contributed by atoms with Crippen LogP contribution in [0.25, 0.3) is 0 Å². The lowest BCUT2D eigenvalue weighted by molar-refractivity contribution is -0.116. The first-order valence-corrected chi connectivity index (χ1v) is 9.85. The number of nitrogens with zero attached hydrogens (tertiary/aromatic N) is 4. The van der Waals surface area contributed by atoms with E-state index in [1.165, 1.54) is 4.90 Å². The lowest BCUT2D eigenvalue weighted by Gasteiger charge is -2.27. The van der Waals surface area contributed by atoms with Gasteiger partial charge in [-0.25, -0.2) is 4.98 Å². The number of hydrogen-bond donors (Lipinski definition) is 1. The molecule has 0 atom stereocenters. The van der Waals surface area contributed by atoms with E-state index >= 15 is 0 Å². The fourth-order valence-electron chi connectivity index (χ4n) is 3.41. The van der Waals surface area contributed by atoms with Gasteiger partial charge < -0.3 is 15.1 Å². The quantitative estimate of drug-likeness (QED) is 0.687. The molecule has 3 aromatic rings. The second kappa shape index (κ2) is 8.73. The highest BCUT2D eigenvalue weighted by molar-refractivity contribution is 6.03. The van der Waals surface area contributed by atoms with Crippen LogP contribution in [0.4, 0.5) is 11.5 Å². The number of likely N-dealkylation sites (N-methyl/N-ethyl adjacent to an activating group) is 1. The lowest BCUT2D eigenvalue weighted by atomic mass is 10.1. The summed E-state index contributed by atoms with van der Waals surface area (Å²) in [6.07, 6.45) is 4.02. The molecule has 2 aromatic heterocycles. The largest absolute Gasteiger partial charge is 0.359 e. The van der Waals surface area contributed by atoms with Gasteiger partial charge in [0.05, 0.1) is 30.0 Å². The predicted octanol–water partition coefficient (Wildman–Crippen LogP) is 2.75. The average Bonchev–Trinajstić information content (AvgIpc) is 2.80. The summed E-state index contributed by atoms with van der Waals surface area (Å²) in [7, 11) is 1.69. The third-order valence-electron chi connectivity index (χ3n) is 5.14. The zero-order valence-electron chi connectivity index (χ0n) is 16.8. The number of nitrogens with one attached hydrogen (secondary N) is 1. The van der Waals surface area contributed by atoms with Crippen molar-refractivity contribution < 1.29 is 9.59 Å². The first kappa shape index (κ1) is 19.6. The monoisotopic (exact) mass is 401 g/mol. The topological polar surface area (TPSA) is 78.4 Å². The van der Waals surface area contributed by atoms with Crippen LogP contribution >= 0.6 is 0 Å². The van der Waals surface area contributed by atoms with E-state index in [9.17, 15) is 9.59 Å². The molecule has 7 nitrogen and oxygen atoms in total. The molecule has 0 bridgehead atoms. The van der Waals surface area contributed by atoms with Gasteiger partial charge in [0.2, 0.25) is 5.91 Å². The Kier molecular flexibility index (Phi) is 5.70. The number of amides is 2. The summed E-state index contributed by atoms with van der Waals surface area (Å²) in [6, 6.07) is 17.5. The van der Waals surface area contributed by atoms with Gasteiger partial charge >= 0.3 is 0 Å². The SMILES string of the molecule is CN1C(=O)CNc2ncc(C(=O)N(CCc3ccccc3)Cc3ccccn3)cc21. The Labute approximate surface area is 175 Å². The van der Waals surface area contributed by atoms with E-state index in [4.69, 9.17) is 0 Å². The Morgan fingerprint density at radius 3 is 2.70 bits per heavy atom. The Bertz CT molecular complexity index is 1040. The Balaban J connectivity index is 1.59. The molecular weight excluding hydrogens is 378 g/mol. The van der Waals surface area contributed by atoms with E-state index < -0.39 is 0 Å². The molecule has 152 valence electrons. The number of rotatable bonds is 6. The van der Waals surface area contributed by atoms with Crippen molar-refractivity contribution in [1.29, 1.82) is 0 Å². The average molecular weight is 401 g/mol. The first-order valence-electron chi connectivity index (χ1n) is 9.85. The van der Waals surface area contributed by atoms with Crippen LogP contribution in [0.3, 0.4) is 0 Å². The maximum Gasteiger partial charge on any atom is 0.255 e. The van der Waals surface area contributed by atoms with E-state index in [2.05, 4.69) is 27.4 Å². The fraction of sp³-hybridized carbons (Fsp3) is 0.217. The highest BCUT2D eigenvalue weighted by Gasteiger charge is 2.24. The van der Waals surface area contributed by atoms with Gasteiger partial charge in [0.15, 0.2) is 0 Å². The van der Waals surface area contributed by atoms with Gasteiger partial charge in [0.25, 0.3) is 5.91 Å². The minimum absolute atomic E-state index is 0.0664. The fourth-order valence-corrected chi connectivity index (χ4v) is 3.41. The van der Waals surface area contributed by atoms with E-state index in [1.54, 1.807) is 30.4 Å². The van der Waals surface area contributed by atoms with Crippen molar-refractivity contribution in [2.45, 2.75) is 13.0 Å². The molecular formula is C23H23N5O2. The van der Waals surface area contributed by atoms with Crippen molar-refractivity contribution in [3.63, 3.8) is 0 Å². The maximum atomic E-state index is 13.4. The normalized spacial score (nSPS) is 12.8. The summed E-state index contributed by atoms with van der Waals surface area (Å²) in [4.78, 5) is 37.4. The molecule has 0 radical (unpaired) electrons. The third-order valence-corrected chi connectivity index (χ3v) is 5.14. The minimum atomic E-state index is -0.140. The second-order valence-corrected chi connectivity index (χ2v) is 7.18. The predicted molar refractivity (Wildman–Crippen MR) is 115 cm³/mol. The van der Waals surface area contributed by atoms with Crippen molar-refractivity contribution >= 4 is 23.3 Å². The summed E-state index contributed by atoms with van der Waals surface area (Å²) in [5.41, 5.74) is 3.03. The van der Waals surface area contributed by atoms with E-state index in [-0.39, 0.29) is 18.4 Å². The summed E-state index contributed by atoms with van der Waals surface area (Å²) in [5.74, 6) is 0.399. The molecule has 0 spiro atoms. The Morgan fingerprint density at radius 1 is 1.13 bits per heavy atom. The number of fused-ring (bicyclic) bond motifs is 1. The minimum Gasteiger partial charge on any atom is -0.359 e. The molecule has 0 unspecified atom stereocenters. The molecule has 4 rings (SSSR count). The molecule has 1 aliphatic heterocycles. The van der Waals surface area contributed by atoms with Gasteiger partial charge in [-0.05, 0) is 30.2 Å². The molecule has 0 saturated heterocycles. The summed E-state index contributed by atoms with van der Waals surface area (Å²) in [6.45, 7) is 1.15. The summed E-state index contributed by atoms with van der Waals surface area (Å²) < 4.78 is 0. The van der Waals surface area contributed by atoms with E-state index in [0.29, 0.717) is 30.2 Å². The van der Waals surface area contributed by atoms with Crippen LogP contribution in [-0.4, -0.2) is 46.8 Å². The van der Waals surface area contributed by atoms with Crippen molar-refractivity contribution in [2.24, 2.45) is 0 Å². The number of carbonyl (C=O) groups excluding carboxylic acids is 2. The van der Waals surface area contributed by atoms with Crippen LogP contribution in [-0.2, 0) is 17.8 Å². The molecule has 7 heteroatoms. The molecule has 3 heterocycles. The smallest absolute Gasteiger partial charge is 0.255 e. The van der Waals surface area contributed by atoms with Gasteiger partial charge in [-0.3, -0.25) is 14.6 Å². The number of benzene rings is 1. The second-order valence-electron chi connectivity index (χ2n) is 7.18. The van der Waals surface area contributed by atoms with Gasteiger partial charge in [0.1, 0.15) is 5.82 Å². The van der Waals surface area contributed by atoms with E-state index in [1.807, 2.05) is 36.4 Å². The standard InChI is InChI=1S/C23H23N5O2/c1-27-20-13-18(14-25-22(20)26-15-21(27)29)23(30)28(16-19-9-5-6-11-24-19)12-10-17-7-3-2-4-8-17/h2-9,11,13-14H,10,12,15-16H2,1H3,(H,25,26). The number of aromatic nitrogens is 2. The van der Waals surface area contributed by atoms with Gasteiger partial charge in [-0.2, -0.15) is 0 Å². The van der Waals surface area contributed by atoms with Gasteiger partial charge in [-0.1, -0.05) is 36.4 Å². The maximum absolute atomic E-state index is 13.4.